The van der Waals surface area contributed by atoms with Crippen molar-refractivity contribution in [3.63, 3.8) is 0 Å². The molecule has 2 rings (SSSR count). The molecular formula is C13H10F2N4O3. The lowest BCUT2D eigenvalue weighted by atomic mass is 10.1. The summed E-state index contributed by atoms with van der Waals surface area (Å²) in [4.78, 5) is 15.8. The number of rotatable bonds is 6. The second kappa shape index (κ2) is 6.62. The SMILES string of the molecule is COc1cc(C(=O)Cn2cnc(C#N)n2)ccc1OC(F)F. The number of alkyl halides is 2. The van der Waals surface area contributed by atoms with Crippen LogP contribution in [-0.2, 0) is 6.54 Å². The van der Waals surface area contributed by atoms with Crippen LogP contribution in [0.3, 0.4) is 0 Å². The standard InChI is InChI=1S/C13H10F2N4O3/c1-21-11-4-8(2-3-10(11)22-13(14)15)9(20)6-19-7-17-12(5-16)18-19/h2-4,7,13H,6H2,1H3. The van der Waals surface area contributed by atoms with Crippen LogP contribution in [0, 0.1) is 11.3 Å². The predicted molar refractivity (Wildman–Crippen MR) is 68.7 cm³/mol. The van der Waals surface area contributed by atoms with E-state index in [9.17, 15) is 13.6 Å². The monoisotopic (exact) mass is 308 g/mol. The Bertz CT molecular complexity index is 724. The summed E-state index contributed by atoms with van der Waals surface area (Å²) in [7, 11) is 1.28. The van der Waals surface area contributed by atoms with Crippen LogP contribution in [-0.4, -0.2) is 34.3 Å². The molecule has 0 saturated carbocycles. The van der Waals surface area contributed by atoms with Crippen molar-refractivity contribution in [1.82, 2.24) is 14.8 Å². The molecule has 0 radical (unpaired) electrons. The summed E-state index contributed by atoms with van der Waals surface area (Å²) in [5.74, 6) is -0.550. The number of carbonyl (C=O) groups is 1. The van der Waals surface area contributed by atoms with Crippen LogP contribution >= 0.6 is 0 Å². The molecule has 1 aromatic carbocycles. The minimum atomic E-state index is -2.99. The third kappa shape index (κ3) is 3.54. The zero-order chi connectivity index (χ0) is 16.1. The van der Waals surface area contributed by atoms with E-state index in [1.54, 1.807) is 6.07 Å². The van der Waals surface area contributed by atoms with Crippen molar-refractivity contribution in [3.05, 3.63) is 35.9 Å². The van der Waals surface area contributed by atoms with E-state index in [0.717, 1.165) is 0 Å². The van der Waals surface area contributed by atoms with Gasteiger partial charge in [0.05, 0.1) is 7.11 Å². The number of carbonyl (C=O) groups excluding carboxylic acids is 1. The number of aromatic nitrogens is 3. The number of hydrogen-bond acceptors (Lipinski definition) is 6. The highest BCUT2D eigenvalue weighted by Gasteiger charge is 2.15. The fourth-order valence-corrected chi connectivity index (χ4v) is 1.69. The molecule has 22 heavy (non-hydrogen) atoms. The molecule has 0 amide bonds. The first-order chi connectivity index (χ1) is 10.5. The summed E-state index contributed by atoms with van der Waals surface area (Å²) >= 11 is 0. The molecule has 0 aliphatic rings. The van der Waals surface area contributed by atoms with Crippen LogP contribution in [0.25, 0.3) is 0 Å². The summed E-state index contributed by atoms with van der Waals surface area (Å²) in [6, 6.07) is 5.60. The van der Waals surface area contributed by atoms with Gasteiger partial charge in [-0.3, -0.25) is 4.79 Å². The number of ether oxygens (including phenoxy) is 2. The van der Waals surface area contributed by atoms with Crippen molar-refractivity contribution >= 4 is 5.78 Å². The molecule has 1 aromatic heterocycles. The van der Waals surface area contributed by atoms with Gasteiger partial charge in [0.15, 0.2) is 17.3 Å². The maximum Gasteiger partial charge on any atom is 0.387 e. The van der Waals surface area contributed by atoms with Crippen LogP contribution in [0.2, 0.25) is 0 Å². The Morgan fingerprint density at radius 3 is 2.82 bits per heavy atom. The van der Waals surface area contributed by atoms with Crippen molar-refractivity contribution in [2.75, 3.05) is 7.11 Å². The maximum absolute atomic E-state index is 12.2. The predicted octanol–water partition coefficient (Wildman–Crippen LogP) is 1.64. The van der Waals surface area contributed by atoms with Crippen molar-refractivity contribution in [2.24, 2.45) is 0 Å². The number of nitrogens with zero attached hydrogens (tertiary/aromatic N) is 4. The van der Waals surface area contributed by atoms with Gasteiger partial charge in [0, 0.05) is 5.56 Å². The maximum atomic E-state index is 12.2. The van der Waals surface area contributed by atoms with E-state index in [-0.39, 0.29) is 35.2 Å². The first-order valence-electron chi connectivity index (χ1n) is 5.99. The number of Topliss-reactive ketones (excluding diaryl/α,β-unsaturated/α-hetero) is 1. The van der Waals surface area contributed by atoms with Gasteiger partial charge in [-0.15, -0.1) is 5.10 Å². The number of benzene rings is 1. The Labute approximate surface area is 123 Å². The van der Waals surface area contributed by atoms with Crippen LogP contribution in [0.5, 0.6) is 11.5 Å². The Morgan fingerprint density at radius 1 is 1.45 bits per heavy atom. The number of hydrogen-bond donors (Lipinski definition) is 0. The van der Waals surface area contributed by atoms with E-state index < -0.39 is 6.61 Å². The smallest absolute Gasteiger partial charge is 0.387 e. The van der Waals surface area contributed by atoms with E-state index in [1.807, 2.05) is 0 Å². The lowest BCUT2D eigenvalue weighted by Gasteiger charge is -2.11. The van der Waals surface area contributed by atoms with Gasteiger partial charge in [0.2, 0.25) is 0 Å². The minimum absolute atomic E-state index is 0.0162. The summed E-state index contributed by atoms with van der Waals surface area (Å²) in [5, 5.41) is 12.4. The molecule has 0 N–H and O–H groups in total. The van der Waals surface area contributed by atoms with E-state index in [2.05, 4.69) is 14.8 Å². The quantitative estimate of drug-likeness (QED) is 0.754. The lowest BCUT2D eigenvalue weighted by molar-refractivity contribution is -0.0512. The van der Waals surface area contributed by atoms with Crippen LogP contribution in [0.1, 0.15) is 16.2 Å². The largest absolute Gasteiger partial charge is 0.493 e. The molecule has 0 spiro atoms. The molecule has 0 fully saturated rings. The first kappa shape index (κ1) is 15.4. The Kier molecular flexibility index (Phi) is 4.63. The number of methoxy groups -OCH3 is 1. The van der Waals surface area contributed by atoms with Gasteiger partial charge in [-0.25, -0.2) is 9.67 Å². The molecule has 9 heteroatoms. The molecular weight excluding hydrogens is 298 g/mol. The number of ketones is 1. The molecule has 0 saturated heterocycles. The fraction of sp³-hybridized carbons (Fsp3) is 0.231. The van der Waals surface area contributed by atoms with E-state index in [4.69, 9.17) is 10.00 Å². The molecule has 7 nitrogen and oxygen atoms in total. The Hall–Kier alpha value is -3.02. The zero-order valence-electron chi connectivity index (χ0n) is 11.4. The minimum Gasteiger partial charge on any atom is -0.493 e. The van der Waals surface area contributed by atoms with Crippen LogP contribution < -0.4 is 9.47 Å². The number of nitriles is 1. The highest BCUT2D eigenvalue weighted by atomic mass is 19.3. The summed E-state index contributed by atoms with van der Waals surface area (Å²) in [5.41, 5.74) is 0.229. The molecule has 2 aromatic rings. The van der Waals surface area contributed by atoms with Crippen molar-refractivity contribution in [3.8, 4) is 17.6 Å². The Balaban J connectivity index is 2.17. The van der Waals surface area contributed by atoms with Crippen LogP contribution in [0.15, 0.2) is 24.5 Å². The molecule has 0 atom stereocenters. The van der Waals surface area contributed by atoms with Gasteiger partial charge in [-0.1, -0.05) is 0 Å². The van der Waals surface area contributed by atoms with E-state index >= 15 is 0 Å². The van der Waals surface area contributed by atoms with Crippen molar-refractivity contribution in [2.45, 2.75) is 13.2 Å². The van der Waals surface area contributed by atoms with Crippen LogP contribution in [0.4, 0.5) is 8.78 Å². The fourth-order valence-electron chi connectivity index (χ4n) is 1.69. The third-order valence-corrected chi connectivity index (χ3v) is 2.64. The average molecular weight is 308 g/mol. The normalized spacial score (nSPS) is 10.3. The Morgan fingerprint density at radius 2 is 2.23 bits per heavy atom. The van der Waals surface area contributed by atoms with Gasteiger partial charge >= 0.3 is 6.61 Å². The van der Waals surface area contributed by atoms with Gasteiger partial charge in [0.25, 0.3) is 5.82 Å². The molecule has 114 valence electrons. The second-order valence-electron chi connectivity index (χ2n) is 4.04. The van der Waals surface area contributed by atoms with Gasteiger partial charge in [-0.2, -0.15) is 14.0 Å². The van der Waals surface area contributed by atoms with Crippen molar-refractivity contribution in [1.29, 1.82) is 5.26 Å². The number of halogens is 2. The summed E-state index contributed by atoms with van der Waals surface area (Å²) < 4.78 is 34.9. The molecule has 0 aliphatic carbocycles. The average Bonchev–Trinajstić information content (AvgIpc) is 2.94. The molecule has 0 bridgehead atoms. The highest BCUT2D eigenvalue weighted by molar-refractivity contribution is 5.96. The van der Waals surface area contributed by atoms with Crippen molar-refractivity contribution < 1.29 is 23.0 Å². The zero-order valence-corrected chi connectivity index (χ0v) is 11.4. The summed E-state index contributed by atoms with van der Waals surface area (Å²) in [6.45, 7) is -3.14. The van der Waals surface area contributed by atoms with Gasteiger partial charge < -0.3 is 9.47 Å². The third-order valence-electron chi connectivity index (χ3n) is 2.64. The van der Waals surface area contributed by atoms with E-state index in [1.165, 1.54) is 36.3 Å². The highest BCUT2D eigenvalue weighted by Crippen LogP contribution is 2.29. The first-order valence-corrected chi connectivity index (χ1v) is 5.99. The second-order valence-corrected chi connectivity index (χ2v) is 4.04. The van der Waals surface area contributed by atoms with Gasteiger partial charge in [-0.05, 0) is 18.2 Å². The lowest BCUT2D eigenvalue weighted by Crippen LogP contribution is -2.11. The molecule has 0 aliphatic heterocycles. The summed E-state index contributed by atoms with van der Waals surface area (Å²) in [6.07, 6.45) is 1.25. The molecule has 0 unspecified atom stereocenters. The molecule has 1 heterocycles. The topological polar surface area (TPSA) is 90.0 Å². The van der Waals surface area contributed by atoms with Gasteiger partial charge in [0.1, 0.15) is 18.9 Å². The van der Waals surface area contributed by atoms with E-state index in [0.29, 0.717) is 0 Å².